The standard InChI is InChI=1S/C21H25N3O4/c1-22(14-16-7-5-4-6-8-16)20(25)15-23-11-12-24(21(23)26)18-13-17(27-2)9-10-19(18)28-3/h4-10,13H,11-12,14-15H2,1-3H3. The highest BCUT2D eigenvalue weighted by atomic mass is 16.5. The average molecular weight is 383 g/mol. The summed E-state index contributed by atoms with van der Waals surface area (Å²) in [7, 11) is 4.88. The Morgan fingerprint density at radius 1 is 1.07 bits per heavy atom. The second-order valence-electron chi connectivity index (χ2n) is 6.63. The van der Waals surface area contributed by atoms with E-state index in [2.05, 4.69) is 0 Å². The molecule has 0 unspecified atom stereocenters. The molecule has 1 saturated heterocycles. The van der Waals surface area contributed by atoms with Crippen LogP contribution in [-0.2, 0) is 11.3 Å². The Morgan fingerprint density at radius 2 is 1.82 bits per heavy atom. The molecular formula is C21H25N3O4. The molecule has 7 nitrogen and oxygen atoms in total. The van der Waals surface area contributed by atoms with Crippen molar-refractivity contribution in [3.8, 4) is 11.5 Å². The third-order valence-electron chi connectivity index (χ3n) is 4.79. The average Bonchev–Trinajstić information content (AvgIpc) is 3.08. The Hall–Kier alpha value is -3.22. The van der Waals surface area contributed by atoms with Crippen molar-refractivity contribution < 1.29 is 19.1 Å². The van der Waals surface area contributed by atoms with Crippen molar-refractivity contribution in [1.82, 2.24) is 9.80 Å². The maximum atomic E-state index is 12.9. The Balaban J connectivity index is 1.66. The molecule has 0 radical (unpaired) electrons. The maximum Gasteiger partial charge on any atom is 0.325 e. The fourth-order valence-corrected chi connectivity index (χ4v) is 3.19. The molecule has 7 heteroatoms. The summed E-state index contributed by atoms with van der Waals surface area (Å²) < 4.78 is 10.6. The van der Waals surface area contributed by atoms with Crippen molar-refractivity contribution in [2.75, 3.05) is 45.8 Å². The van der Waals surface area contributed by atoms with Crippen LogP contribution < -0.4 is 14.4 Å². The van der Waals surface area contributed by atoms with Crippen molar-refractivity contribution in [1.29, 1.82) is 0 Å². The van der Waals surface area contributed by atoms with E-state index in [9.17, 15) is 9.59 Å². The number of hydrogen-bond acceptors (Lipinski definition) is 4. The van der Waals surface area contributed by atoms with Gasteiger partial charge in [0.25, 0.3) is 0 Å². The number of anilines is 1. The number of ether oxygens (including phenoxy) is 2. The van der Waals surface area contributed by atoms with Gasteiger partial charge in [-0.25, -0.2) is 4.79 Å². The van der Waals surface area contributed by atoms with E-state index in [1.807, 2.05) is 30.3 Å². The molecular weight excluding hydrogens is 358 g/mol. The first-order valence-corrected chi connectivity index (χ1v) is 9.10. The first-order valence-electron chi connectivity index (χ1n) is 9.10. The highest BCUT2D eigenvalue weighted by Gasteiger charge is 2.33. The van der Waals surface area contributed by atoms with Gasteiger partial charge in [-0.3, -0.25) is 9.69 Å². The largest absolute Gasteiger partial charge is 0.497 e. The highest BCUT2D eigenvalue weighted by Crippen LogP contribution is 2.34. The number of likely N-dealkylation sites (N-methyl/N-ethyl adjacent to an activating group) is 1. The van der Waals surface area contributed by atoms with Crippen LogP contribution in [0.25, 0.3) is 0 Å². The van der Waals surface area contributed by atoms with Gasteiger partial charge in [-0.2, -0.15) is 0 Å². The van der Waals surface area contributed by atoms with Gasteiger partial charge >= 0.3 is 6.03 Å². The number of carbonyl (C=O) groups is 2. The molecule has 2 aromatic carbocycles. The topological polar surface area (TPSA) is 62.3 Å². The minimum Gasteiger partial charge on any atom is -0.497 e. The maximum absolute atomic E-state index is 12.9. The molecule has 0 N–H and O–H groups in total. The SMILES string of the molecule is COc1ccc(OC)c(N2CCN(CC(=O)N(C)Cc3ccccc3)C2=O)c1. The monoisotopic (exact) mass is 383 g/mol. The van der Waals surface area contributed by atoms with Crippen LogP contribution in [0.4, 0.5) is 10.5 Å². The lowest BCUT2D eigenvalue weighted by Gasteiger charge is -2.23. The van der Waals surface area contributed by atoms with E-state index in [0.717, 1.165) is 5.56 Å². The van der Waals surface area contributed by atoms with E-state index in [4.69, 9.17) is 9.47 Å². The third kappa shape index (κ3) is 4.19. The molecule has 148 valence electrons. The predicted molar refractivity (Wildman–Crippen MR) is 107 cm³/mol. The second-order valence-corrected chi connectivity index (χ2v) is 6.63. The number of hydrogen-bond donors (Lipinski definition) is 0. The molecule has 0 spiro atoms. The number of urea groups is 1. The van der Waals surface area contributed by atoms with Crippen molar-refractivity contribution in [2.24, 2.45) is 0 Å². The fourth-order valence-electron chi connectivity index (χ4n) is 3.19. The third-order valence-corrected chi connectivity index (χ3v) is 4.79. The molecule has 1 heterocycles. The van der Waals surface area contributed by atoms with Crippen LogP contribution in [0, 0.1) is 0 Å². The van der Waals surface area contributed by atoms with Gasteiger partial charge < -0.3 is 19.3 Å². The van der Waals surface area contributed by atoms with Crippen molar-refractivity contribution in [3.63, 3.8) is 0 Å². The second kappa shape index (κ2) is 8.65. The predicted octanol–water partition coefficient (Wildman–Crippen LogP) is 2.60. The molecule has 0 atom stereocenters. The van der Waals surface area contributed by atoms with E-state index in [-0.39, 0.29) is 18.5 Å². The van der Waals surface area contributed by atoms with E-state index >= 15 is 0 Å². The lowest BCUT2D eigenvalue weighted by atomic mass is 10.2. The summed E-state index contributed by atoms with van der Waals surface area (Å²) in [6.45, 7) is 1.52. The van der Waals surface area contributed by atoms with Crippen molar-refractivity contribution in [2.45, 2.75) is 6.54 Å². The lowest BCUT2D eigenvalue weighted by molar-refractivity contribution is -0.130. The van der Waals surface area contributed by atoms with Crippen molar-refractivity contribution >= 4 is 17.6 Å². The van der Waals surface area contributed by atoms with Crippen LogP contribution in [0.2, 0.25) is 0 Å². The number of rotatable bonds is 7. The summed E-state index contributed by atoms with van der Waals surface area (Å²) >= 11 is 0. The molecule has 1 aliphatic rings. The zero-order chi connectivity index (χ0) is 20.1. The zero-order valence-electron chi connectivity index (χ0n) is 16.4. The van der Waals surface area contributed by atoms with Gasteiger partial charge in [0.1, 0.15) is 18.0 Å². The summed E-state index contributed by atoms with van der Waals surface area (Å²) in [5.74, 6) is 1.13. The minimum atomic E-state index is -0.215. The molecule has 0 aromatic heterocycles. The molecule has 28 heavy (non-hydrogen) atoms. The number of nitrogens with zero attached hydrogens (tertiary/aromatic N) is 3. The van der Waals surface area contributed by atoms with Crippen LogP contribution in [0.1, 0.15) is 5.56 Å². The van der Waals surface area contributed by atoms with E-state index in [1.165, 1.54) is 0 Å². The van der Waals surface area contributed by atoms with Gasteiger partial charge in [-0.15, -0.1) is 0 Å². The Kier molecular flexibility index (Phi) is 6.03. The first-order chi connectivity index (χ1) is 13.5. The van der Waals surface area contributed by atoms with Gasteiger partial charge in [-0.1, -0.05) is 30.3 Å². The molecule has 2 aromatic rings. The molecule has 3 rings (SSSR count). The van der Waals surface area contributed by atoms with Gasteiger partial charge in [0.05, 0.1) is 19.9 Å². The molecule has 3 amide bonds. The van der Waals surface area contributed by atoms with Crippen LogP contribution in [-0.4, -0.2) is 62.6 Å². The first kappa shape index (κ1) is 19.5. The van der Waals surface area contributed by atoms with E-state index < -0.39 is 0 Å². The summed E-state index contributed by atoms with van der Waals surface area (Å²) in [6.07, 6.45) is 0. The zero-order valence-corrected chi connectivity index (χ0v) is 16.4. The van der Waals surface area contributed by atoms with Gasteiger partial charge in [0, 0.05) is 32.7 Å². The number of benzene rings is 2. The fraction of sp³-hybridized carbons (Fsp3) is 0.333. The van der Waals surface area contributed by atoms with Crippen LogP contribution in [0.15, 0.2) is 48.5 Å². The molecule has 0 aliphatic carbocycles. The van der Waals surface area contributed by atoms with Crippen LogP contribution in [0.5, 0.6) is 11.5 Å². The molecule has 1 aliphatic heterocycles. The number of methoxy groups -OCH3 is 2. The Labute approximate surface area is 165 Å². The quantitative estimate of drug-likeness (QED) is 0.737. The van der Waals surface area contributed by atoms with E-state index in [1.54, 1.807) is 54.2 Å². The highest BCUT2D eigenvalue weighted by molar-refractivity contribution is 5.97. The molecule has 0 bridgehead atoms. The Morgan fingerprint density at radius 3 is 2.50 bits per heavy atom. The summed E-state index contributed by atoms with van der Waals surface area (Å²) in [4.78, 5) is 30.3. The van der Waals surface area contributed by atoms with Gasteiger partial charge in [0.2, 0.25) is 5.91 Å². The number of amides is 3. The van der Waals surface area contributed by atoms with Crippen molar-refractivity contribution in [3.05, 3.63) is 54.1 Å². The Bertz CT molecular complexity index is 841. The number of carbonyl (C=O) groups excluding carboxylic acids is 2. The smallest absolute Gasteiger partial charge is 0.325 e. The summed E-state index contributed by atoms with van der Waals surface area (Å²) in [5.41, 5.74) is 1.69. The summed E-state index contributed by atoms with van der Waals surface area (Å²) in [5, 5.41) is 0. The van der Waals surface area contributed by atoms with E-state index in [0.29, 0.717) is 36.8 Å². The molecule has 0 saturated carbocycles. The summed E-state index contributed by atoms with van der Waals surface area (Å²) in [6, 6.07) is 14.9. The van der Waals surface area contributed by atoms with Crippen LogP contribution in [0.3, 0.4) is 0 Å². The lowest BCUT2D eigenvalue weighted by Crippen LogP contribution is -2.40. The minimum absolute atomic E-state index is 0.0466. The van der Waals surface area contributed by atoms with Gasteiger partial charge in [0.15, 0.2) is 0 Å². The molecule has 1 fully saturated rings. The van der Waals surface area contributed by atoms with Gasteiger partial charge in [-0.05, 0) is 17.7 Å². The normalized spacial score (nSPS) is 13.6. The van der Waals surface area contributed by atoms with Crippen LogP contribution >= 0.6 is 0 Å².